The number of hydrogen-bond donors (Lipinski definition) is 1. The molecule has 1 fully saturated rings. The van der Waals surface area contributed by atoms with E-state index in [0.29, 0.717) is 6.61 Å². The van der Waals surface area contributed by atoms with E-state index in [0.717, 1.165) is 41.7 Å². The Hall–Kier alpha value is -0.580. The van der Waals surface area contributed by atoms with E-state index in [2.05, 4.69) is 28.1 Å². The lowest BCUT2D eigenvalue weighted by Gasteiger charge is -2.17. The Bertz CT molecular complexity index is 450. The van der Waals surface area contributed by atoms with Crippen molar-refractivity contribution >= 4 is 15.9 Å². The maximum atomic E-state index is 6.02. The summed E-state index contributed by atoms with van der Waals surface area (Å²) in [5.41, 5.74) is 8.43. The smallest absolute Gasteiger partial charge is 0.128 e. The van der Waals surface area contributed by atoms with E-state index in [1.54, 1.807) is 0 Å². The van der Waals surface area contributed by atoms with E-state index < -0.39 is 0 Å². The van der Waals surface area contributed by atoms with Crippen LogP contribution in [0.2, 0.25) is 0 Å². The van der Waals surface area contributed by atoms with Crippen molar-refractivity contribution in [1.29, 1.82) is 0 Å². The molecule has 4 heteroatoms. The van der Waals surface area contributed by atoms with E-state index in [9.17, 15) is 0 Å². The zero-order valence-corrected chi connectivity index (χ0v) is 11.9. The highest BCUT2D eigenvalue weighted by atomic mass is 79.9. The van der Waals surface area contributed by atoms with E-state index in [1.807, 2.05) is 0 Å². The van der Waals surface area contributed by atoms with E-state index >= 15 is 0 Å². The molecule has 3 rings (SSSR count). The van der Waals surface area contributed by atoms with Gasteiger partial charge in [0.2, 0.25) is 0 Å². The van der Waals surface area contributed by atoms with E-state index in [4.69, 9.17) is 15.2 Å². The topological polar surface area (TPSA) is 44.5 Å². The van der Waals surface area contributed by atoms with Crippen molar-refractivity contribution in [2.24, 2.45) is 5.73 Å². The predicted molar refractivity (Wildman–Crippen MR) is 73.7 cm³/mol. The minimum absolute atomic E-state index is 0.200. The largest absolute Gasteiger partial charge is 0.493 e. The lowest BCUT2D eigenvalue weighted by molar-refractivity contribution is 0.0347. The minimum Gasteiger partial charge on any atom is -0.493 e. The second-order valence-electron chi connectivity index (χ2n) is 5.10. The zero-order chi connectivity index (χ0) is 12.5. The van der Waals surface area contributed by atoms with Crippen molar-refractivity contribution in [1.82, 2.24) is 0 Å². The number of fused-ring (bicyclic) bond motifs is 1. The molecule has 1 aliphatic carbocycles. The first-order valence-electron chi connectivity index (χ1n) is 6.55. The van der Waals surface area contributed by atoms with Crippen LogP contribution in [0.3, 0.4) is 0 Å². The third-order valence-corrected chi connectivity index (χ3v) is 4.24. The van der Waals surface area contributed by atoms with Crippen LogP contribution in [0.4, 0.5) is 0 Å². The Morgan fingerprint density at radius 3 is 3.06 bits per heavy atom. The van der Waals surface area contributed by atoms with Crippen molar-refractivity contribution in [2.75, 3.05) is 6.61 Å². The molecule has 2 N–H and O–H groups in total. The number of hydrogen-bond acceptors (Lipinski definition) is 3. The number of nitrogens with two attached hydrogens (primary N) is 1. The number of rotatable bonds is 3. The van der Waals surface area contributed by atoms with Crippen molar-refractivity contribution < 1.29 is 9.47 Å². The summed E-state index contributed by atoms with van der Waals surface area (Å²) < 4.78 is 12.7. The van der Waals surface area contributed by atoms with Gasteiger partial charge in [-0.05, 0) is 37.0 Å². The summed E-state index contributed by atoms with van der Waals surface area (Å²) in [4.78, 5) is 0. The molecule has 3 nitrogen and oxygen atoms in total. The van der Waals surface area contributed by atoms with Crippen molar-refractivity contribution in [3.8, 4) is 5.75 Å². The molecule has 0 amide bonds. The molecule has 2 unspecified atom stereocenters. The lowest BCUT2D eigenvalue weighted by Crippen LogP contribution is -2.31. The molecule has 0 radical (unpaired) electrons. The van der Waals surface area contributed by atoms with Crippen molar-refractivity contribution in [3.05, 3.63) is 27.7 Å². The van der Waals surface area contributed by atoms with Crippen LogP contribution >= 0.6 is 15.9 Å². The number of halogens is 1. The van der Waals surface area contributed by atoms with Gasteiger partial charge in [0, 0.05) is 22.5 Å². The Balaban J connectivity index is 1.73. The minimum atomic E-state index is 0.200. The molecule has 1 aromatic rings. The highest BCUT2D eigenvalue weighted by Crippen LogP contribution is 2.34. The summed E-state index contributed by atoms with van der Waals surface area (Å²) in [6.07, 6.45) is 4.54. The average molecular weight is 312 g/mol. The SMILES string of the molecule is NC1CCCC1OCc1cc(Br)cc2c1OCC2. The third kappa shape index (κ3) is 2.42. The summed E-state index contributed by atoms with van der Waals surface area (Å²) in [5.74, 6) is 1.02. The van der Waals surface area contributed by atoms with E-state index in [-0.39, 0.29) is 12.1 Å². The molecule has 1 aromatic carbocycles. The fourth-order valence-electron chi connectivity index (χ4n) is 2.81. The molecule has 0 spiro atoms. The molecule has 1 heterocycles. The Morgan fingerprint density at radius 1 is 1.39 bits per heavy atom. The van der Waals surface area contributed by atoms with Crippen LogP contribution in [0.5, 0.6) is 5.75 Å². The van der Waals surface area contributed by atoms with Gasteiger partial charge in [-0.1, -0.05) is 15.9 Å². The summed E-state index contributed by atoms with van der Waals surface area (Å²) in [5, 5.41) is 0. The van der Waals surface area contributed by atoms with Crippen molar-refractivity contribution in [2.45, 2.75) is 44.4 Å². The highest BCUT2D eigenvalue weighted by molar-refractivity contribution is 9.10. The Labute approximate surface area is 116 Å². The summed E-state index contributed by atoms with van der Waals surface area (Å²) in [7, 11) is 0. The van der Waals surface area contributed by atoms with Crippen LogP contribution in [0.1, 0.15) is 30.4 Å². The molecule has 1 aliphatic heterocycles. The molecule has 2 aliphatic rings. The molecule has 1 saturated carbocycles. The molecular weight excluding hydrogens is 294 g/mol. The number of benzene rings is 1. The molecule has 0 saturated heterocycles. The highest BCUT2D eigenvalue weighted by Gasteiger charge is 2.25. The summed E-state index contributed by atoms with van der Waals surface area (Å²) in [6.45, 7) is 1.38. The zero-order valence-electron chi connectivity index (χ0n) is 10.3. The molecule has 0 aromatic heterocycles. The van der Waals surface area contributed by atoms with Gasteiger partial charge in [-0.15, -0.1) is 0 Å². The van der Waals surface area contributed by atoms with Crippen LogP contribution in [0, 0.1) is 0 Å². The lowest BCUT2D eigenvalue weighted by atomic mass is 10.1. The predicted octanol–water partition coefficient (Wildman–Crippen LogP) is 2.78. The first-order valence-corrected chi connectivity index (χ1v) is 7.34. The number of ether oxygens (including phenoxy) is 2. The van der Waals surface area contributed by atoms with Gasteiger partial charge in [0.05, 0.1) is 19.3 Å². The molecule has 2 atom stereocenters. The summed E-state index contributed by atoms with van der Waals surface area (Å²) >= 11 is 3.55. The molecule has 18 heavy (non-hydrogen) atoms. The van der Waals surface area contributed by atoms with Gasteiger partial charge in [0.25, 0.3) is 0 Å². The van der Waals surface area contributed by atoms with Crippen LogP contribution in [0.25, 0.3) is 0 Å². The average Bonchev–Trinajstić information content (AvgIpc) is 2.94. The first-order chi connectivity index (χ1) is 8.74. The maximum Gasteiger partial charge on any atom is 0.128 e. The monoisotopic (exact) mass is 311 g/mol. The van der Waals surface area contributed by atoms with Gasteiger partial charge in [0.1, 0.15) is 5.75 Å². The first kappa shape index (κ1) is 12.5. The van der Waals surface area contributed by atoms with Gasteiger partial charge in [0.15, 0.2) is 0 Å². The van der Waals surface area contributed by atoms with Gasteiger partial charge < -0.3 is 15.2 Å². The molecule has 98 valence electrons. The Morgan fingerprint density at radius 2 is 2.28 bits per heavy atom. The van der Waals surface area contributed by atoms with E-state index in [1.165, 1.54) is 12.0 Å². The second-order valence-corrected chi connectivity index (χ2v) is 6.01. The van der Waals surface area contributed by atoms with Crippen LogP contribution in [-0.4, -0.2) is 18.8 Å². The quantitative estimate of drug-likeness (QED) is 0.933. The summed E-state index contributed by atoms with van der Waals surface area (Å²) in [6, 6.07) is 4.42. The fourth-order valence-corrected chi connectivity index (χ4v) is 3.36. The Kier molecular flexibility index (Phi) is 3.59. The second kappa shape index (κ2) is 5.19. The van der Waals surface area contributed by atoms with Crippen LogP contribution in [0.15, 0.2) is 16.6 Å². The van der Waals surface area contributed by atoms with Crippen LogP contribution < -0.4 is 10.5 Å². The third-order valence-electron chi connectivity index (χ3n) is 3.78. The van der Waals surface area contributed by atoms with Gasteiger partial charge >= 0.3 is 0 Å². The van der Waals surface area contributed by atoms with Gasteiger partial charge in [-0.3, -0.25) is 0 Å². The van der Waals surface area contributed by atoms with Gasteiger partial charge in [-0.2, -0.15) is 0 Å². The molecule has 0 bridgehead atoms. The normalized spacial score (nSPS) is 26.1. The standard InChI is InChI=1S/C14H18BrNO2/c15-11-6-9-4-5-17-14(9)10(7-11)8-18-13-3-1-2-12(13)16/h6-7,12-13H,1-5,8,16H2. The van der Waals surface area contributed by atoms with Crippen molar-refractivity contribution in [3.63, 3.8) is 0 Å². The molecular formula is C14H18BrNO2. The fraction of sp³-hybridized carbons (Fsp3) is 0.571. The van der Waals surface area contributed by atoms with Gasteiger partial charge in [-0.25, -0.2) is 0 Å². The maximum absolute atomic E-state index is 6.02. The van der Waals surface area contributed by atoms with Crippen LogP contribution in [-0.2, 0) is 17.8 Å².